The monoisotopic (exact) mass is 420 g/mol. The molecule has 6 heteroatoms. The molecule has 0 aliphatic heterocycles. The number of carboxylic acids is 1. The molecule has 0 atom stereocenters. The second kappa shape index (κ2) is 9.08. The zero-order valence-electron chi connectivity index (χ0n) is 18.3. The van der Waals surface area contributed by atoms with E-state index in [1.165, 1.54) is 0 Å². The molecule has 0 unspecified atom stereocenters. The zero-order chi connectivity index (χ0) is 22.6. The van der Waals surface area contributed by atoms with Gasteiger partial charge in [0.2, 0.25) is 0 Å². The molecule has 0 spiro atoms. The predicted octanol–water partition coefficient (Wildman–Crippen LogP) is 4.75. The molecule has 0 heterocycles. The number of aromatic carboxylic acids is 1. The minimum absolute atomic E-state index is 0.0872. The molecule has 3 rings (SSSR count). The molecule has 0 aromatic heterocycles. The number of carbonyl (C=O) groups excluding carboxylic acids is 1. The van der Waals surface area contributed by atoms with Crippen molar-refractivity contribution in [3.05, 3.63) is 71.3 Å². The summed E-state index contributed by atoms with van der Waals surface area (Å²) < 4.78 is 5.89. The van der Waals surface area contributed by atoms with Crippen LogP contribution in [0.2, 0.25) is 0 Å². The first-order valence-electron chi connectivity index (χ1n) is 10.2. The number of fused-ring (bicyclic) bond motifs is 1. The van der Waals surface area contributed by atoms with Crippen molar-refractivity contribution in [3.63, 3.8) is 0 Å². The van der Waals surface area contributed by atoms with Crippen LogP contribution < -0.4 is 15.4 Å². The number of ether oxygens (including phenoxy) is 1. The Labute approximate surface area is 182 Å². The van der Waals surface area contributed by atoms with Crippen LogP contribution in [0.5, 0.6) is 5.75 Å². The molecule has 6 nitrogen and oxygen atoms in total. The summed E-state index contributed by atoms with van der Waals surface area (Å²) in [5.41, 5.74) is 2.48. The molecule has 0 saturated carbocycles. The lowest BCUT2D eigenvalue weighted by atomic mass is 10.0. The fourth-order valence-corrected chi connectivity index (χ4v) is 3.36. The van der Waals surface area contributed by atoms with Gasteiger partial charge in [0, 0.05) is 23.3 Å². The summed E-state index contributed by atoms with van der Waals surface area (Å²) in [6.07, 6.45) is 0. The van der Waals surface area contributed by atoms with Gasteiger partial charge in [0.15, 0.2) is 6.61 Å². The van der Waals surface area contributed by atoms with Crippen molar-refractivity contribution in [2.45, 2.75) is 39.8 Å². The largest absolute Gasteiger partial charge is 0.483 e. The molecule has 162 valence electrons. The molecule has 1 amide bonds. The molecule has 0 bridgehead atoms. The number of hydrogen-bond donors (Lipinski definition) is 3. The number of amides is 1. The Morgan fingerprint density at radius 1 is 1.03 bits per heavy atom. The van der Waals surface area contributed by atoms with E-state index >= 15 is 0 Å². The maximum absolute atomic E-state index is 12.2. The Morgan fingerprint density at radius 3 is 2.48 bits per heavy atom. The highest BCUT2D eigenvalue weighted by molar-refractivity contribution is 5.90. The lowest BCUT2D eigenvalue weighted by Crippen LogP contribution is -2.43. The maximum atomic E-state index is 12.2. The normalized spacial score (nSPS) is 11.2. The Bertz CT molecular complexity index is 1120. The van der Waals surface area contributed by atoms with Crippen LogP contribution >= 0.6 is 0 Å². The minimum Gasteiger partial charge on any atom is -0.483 e. The molecule has 0 aliphatic carbocycles. The number of rotatable bonds is 7. The molecule has 3 N–H and O–H groups in total. The van der Waals surface area contributed by atoms with Crippen molar-refractivity contribution in [1.29, 1.82) is 0 Å². The van der Waals surface area contributed by atoms with Gasteiger partial charge in [-0.2, -0.15) is 0 Å². The van der Waals surface area contributed by atoms with E-state index in [0.29, 0.717) is 12.3 Å². The van der Waals surface area contributed by atoms with Gasteiger partial charge in [0.25, 0.3) is 5.91 Å². The number of hydrogen-bond acceptors (Lipinski definition) is 4. The average molecular weight is 421 g/mol. The highest BCUT2D eigenvalue weighted by Gasteiger charge is 2.16. The molecule has 0 radical (unpaired) electrons. The van der Waals surface area contributed by atoms with Gasteiger partial charge < -0.3 is 20.5 Å². The average Bonchev–Trinajstić information content (AvgIpc) is 2.70. The third-order valence-corrected chi connectivity index (χ3v) is 4.81. The topological polar surface area (TPSA) is 87.7 Å². The second-order valence-electron chi connectivity index (χ2n) is 8.54. The fraction of sp³-hybridized carbons (Fsp3) is 0.280. The number of carbonyl (C=O) groups is 2. The molecule has 3 aromatic rings. The van der Waals surface area contributed by atoms with Crippen LogP contribution in [0.25, 0.3) is 10.8 Å². The van der Waals surface area contributed by atoms with Crippen LogP contribution in [0.1, 0.15) is 42.3 Å². The van der Waals surface area contributed by atoms with E-state index in [0.717, 1.165) is 27.6 Å². The summed E-state index contributed by atoms with van der Waals surface area (Å²) >= 11 is 0. The first-order chi connectivity index (χ1) is 14.6. The van der Waals surface area contributed by atoms with Gasteiger partial charge >= 0.3 is 5.97 Å². The van der Waals surface area contributed by atoms with Crippen LogP contribution in [-0.2, 0) is 11.3 Å². The number of benzene rings is 3. The van der Waals surface area contributed by atoms with E-state index in [-0.39, 0.29) is 23.6 Å². The van der Waals surface area contributed by atoms with Crippen molar-refractivity contribution in [1.82, 2.24) is 5.32 Å². The van der Waals surface area contributed by atoms with E-state index in [4.69, 9.17) is 4.74 Å². The van der Waals surface area contributed by atoms with Crippen molar-refractivity contribution in [3.8, 4) is 5.75 Å². The molecule has 0 fully saturated rings. The Kier molecular flexibility index (Phi) is 6.49. The van der Waals surface area contributed by atoms with Crippen molar-refractivity contribution in [2.24, 2.45) is 0 Å². The van der Waals surface area contributed by atoms with Gasteiger partial charge in [0.05, 0.1) is 5.56 Å². The number of anilines is 1. The van der Waals surface area contributed by atoms with Gasteiger partial charge in [-0.1, -0.05) is 36.4 Å². The van der Waals surface area contributed by atoms with Crippen molar-refractivity contribution < 1.29 is 19.4 Å². The summed E-state index contributed by atoms with van der Waals surface area (Å²) in [5, 5.41) is 17.6. The van der Waals surface area contributed by atoms with E-state index in [1.807, 2.05) is 64.1 Å². The first-order valence-corrected chi connectivity index (χ1v) is 10.2. The summed E-state index contributed by atoms with van der Waals surface area (Å²) in [7, 11) is 0. The number of carboxylic acid groups (broad SMARTS) is 1. The molecule has 3 aromatic carbocycles. The smallest absolute Gasteiger partial charge is 0.335 e. The van der Waals surface area contributed by atoms with Gasteiger partial charge in [-0.3, -0.25) is 4.79 Å². The predicted molar refractivity (Wildman–Crippen MR) is 123 cm³/mol. The van der Waals surface area contributed by atoms with Crippen molar-refractivity contribution >= 4 is 28.3 Å². The first kappa shape index (κ1) is 22.2. The van der Waals surface area contributed by atoms with E-state index in [1.54, 1.807) is 18.2 Å². The quantitative estimate of drug-likeness (QED) is 0.513. The van der Waals surface area contributed by atoms with Crippen LogP contribution in [0.15, 0.2) is 54.6 Å². The van der Waals surface area contributed by atoms with Gasteiger partial charge in [0.1, 0.15) is 5.75 Å². The lowest BCUT2D eigenvalue weighted by Gasteiger charge is -2.21. The van der Waals surface area contributed by atoms with Gasteiger partial charge in [-0.05, 0) is 62.2 Å². The molecule has 0 saturated heterocycles. The van der Waals surface area contributed by atoms with Crippen LogP contribution in [0.3, 0.4) is 0 Å². The summed E-state index contributed by atoms with van der Waals surface area (Å²) in [6.45, 7) is 8.01. The Morgan fingerprint density at radius 2 is 1.77 bits per heavy atom. The molecule has 31 heavy (non-hydrogen) atoms. The van der Waals surface area contributed by atoms with Crippen LogP contribution in [-0.4, -0.2) is 29.1 Å². The third-order valence-electron chi connectivity index (χ3n) is 4.81. The van der Waals surface area contributed by atoms with Crippen LogP contribution in [0, 0.1) is 6.92 Å². The highest BCUT2D eigenvalue weighted by atomic mass is 16.5. The molecular weight excluding hydrogens is 392 g/mol. The Hall–Kier alpha value is -3.54. The standard InChI is InChI=1S/C25H28N2O4/c1-16-9-10-18(24(29)30)13-21(16)26-14-20-19-8-6-5-7-17(19)11-12-22(20)31-15-23(28)27-25(2,3)4/h5-13,26H,14-15H2,1-4H3,(H,27,28)(H,29,30). The van der Waals surface area contributed by atoms with Crippen molar-refractivity contribution in [2.75, 3.05) is 11.9 Å². The third kappa shape index (κ3) is 5.75. The van der Waals surface area contributed by atoms with E-state index in [9.17, 15) is 14.7 Å². The lowest BCUT2D eigenvalue weighted by molar-refractivity contribution is -0.124. The molecular formula is C25H28N2O4. The second-order valence-corrected chi connectivity index (χ2v) is 8.54. The molecule has 0 aliphatic rings. The maximum Gasteiger partial charge on any atom is 0.335 e. The van der Waals surface area contributed by atoms with Gasteiger partial charge in [-0.15, -0.1) is 0 Å². The fourth-order valence-electron chi connectivity index (χ4n) is 3.36. The summed E-state index contributed by atoms with van der Waals surface area (Å²) in [5.74, 6) is -0.547. The number of nitrogens with one attached hydrogen (secondary N) is 2. The zero-order valence-corrected chi connectivity index (χ0v) is 18.3. The van der Waals surface area contributed by atoms with Gasteiger partial charge in [-0.25, -0.2) is 4.79 Å². The van der Waals surface area contributed by atoms with Crippen LogP contribution in [0.4, 0.5) is 5.69 Å². The highest BCUT2D eigenvalue weighted by Crippen LogP contribution is 2.29. The van der Waals surface area contributed by atoms with E-state index < -0.39 is 5.97 Å². The van der Waals surface area contributed by atoms with E-state index in [2.05, 4.69) is 10.6 Å². The minimum atomic E-state index is -0.970. The Balaban J connectivity index is 1.87. The number of aryl methyl sites for hydroxylation is 1. The summed E-state index contributed by atoms with van der Waals surface area (Å²) in [4.78, 5) is 23.6. The SMILES string of the molecule is Cc1ccc(C(=O)O)cc1NCc1c(OCC(=O)NC(C)(C)C)ccc2ccccc12. The summed E-state index contributed by atoms with van der Waals surface area (Å²) in [6, 6.07) is 16.8.